The fraction of sp³-hybridized carbons (Fsp3) is 0.231. The van der Waals surface area contributed by atoms with Crippen molar-refractivity contribution >= 4 is 41.0 Å². The van der Waals surface area contributed by atoms with Crippen LogP contribution in [0.25, 0.3) is 0 Å². The molecule has 0 bridgehead atoms. The number of carbonyl (C=O) groups is 2. The van der Waals surface area contributed by atoms with Crippen molar-refractivity contribution in [2.24, 2.45) is 0 Å². The molecule has 2 atom stereocenters. The molecular formula is C26H22Cl2N2O6. The van der Waals surface area contributed by atoms with E-state index in [2.05, 4.69) is 5.32 Å². The summed E-state index contributed by atoms with van der Waals surface area (Å²) in [5.41, 5.74) is 4.16. The molecule has 2 heterocycles. The van der Waals surface area contributed by atoms with E-state index in [1.54, 1.807) is 18.2 Å². The van der Waals surface area contributed by atoms with Gasteiger partial charge in [-0.15, -0.1) is 0 Å². The smallest absolute Gasteiger partial charge is 0.408 e. The first kappa shape index (κ1) is 24.1. The predicted octanol–water partition coefficient (Wildman–Crippen LogP) is 5.61. The number of hydrogen-bond acceptors (Lipinski definition) is 5. The second kappa shape index (κ2) is 9.79. The minimum absolute atomic E-state index is 0.00614. The van der Waals surface area contributed by atoms with E-state index in [1.165, 1.54) is 0 Å². The average Bonchev–Trinajstić information content (AvgIpc) is 2.87. The molecule has 0 saturated heterocycles. The highest BCUT2D eigenvalue weighted by atomic mass is 35.5. The number of halogens is 2. The van der Waals surface area contributed by atoms with Gasteiger partial charge in [-0.1, -0.05) is 41.4 Å². The first-order valence-electron chi connectivity index (χ1n) is 11.2. The molecule has 0 aliphatic carbocycles. The minimum Gasteiger partial charge on any atom is -0.489 e. The molecule has 36 heavy (non-hydrogen) atoms. The Labute approximate surface area is 217 Å². The lowest BCUT2D eigenvalue weighted by atomic mass is 9.92. The molecule has 3 N–H and O–H groups in total. The van der Waals surface area contributed by atoms with Crippen LogP contribution in [0.4, 0.5) is 10.5 Å². The first-order valence-corrected chi connectivity index (χ1v) is 12.0. The van der Waals surface area contributed by atoms with E-state index in [4.69, 9.17) is 32.7 Å². The zero-order chi connectivity index (χ0) is 25.4. The lowest BCUT2D eigenvalue weighted by molar-refractivity contribution is -0.143. The summed E-state index contributed by atoms with van der Waals surface area (Å²) in [6, 6.07) is 15.5. The largest absolute Gasteiger partial charge is 0.489 e. The van der Waals surface area contributed by atoms with Gasteiger partial charge >= 0.3 is 12.1 Å². The Kier molecular flexibility index (Phi) is 6.55. The molecule has 0 fully saturated rings. The molecule has 10 heteroatoms. The van der Waals surface area contributed by atoms with Crippen molar-refractivity contribution in [1.29, 1.82) is 0 Å². The topological polar surface area (TPSA) is 108 Å². The Morgan fingerprint density at radius 3 is 2.50 bits per heavy atom. The second-order valence-electron chi connectivity index (χ2n) is 8.68. The fourth-order valence-electron chi connectivity index (χ4n) is 4.43. The maximum atomic E-state index is 11.6. The third kappa shape index (κ3) is 4.87. The molecule has 0 radical (unpaired) electrons. The SMILES string of the molecule is O=C(O)C1Cc2cc3c(cc2CN1C(=O)O)O[C@@H](c1ccc(OCc2ccc(Cl)c(Cl)c2)cc1)CN3. The van der Waals surface area contributed by atoms with Gasteiger partial charge in [-0.3, -0.25) is 4.90 Å². The molecule has 2 aliphatic rings. The molecule has 2 aliphatic heterocycles. The van der Waals surface area contributed by atoms with Crippen molar-refractivity contribution in [3.05, 3.63) is 86.9 Å². The van der Waals surface area contributed by atoms with Crippen molar-refractivity contribution in [3.8, 4) is 11.5 Å². The summed E-state index contributed by atoms with van der Waals surface area (Å²) in [5.74, 6) is 0.142. The highest BCUT2D eigenvalue weighted by Crippen LogP contribution is 2.39. The van der Waals surface area contributed by atoms with Crippen LogP contribution >= 0.6 is 23.2 Å². The summed E-state index contributed by atoms with van der Waals surface area (Å²) < 4.78 is 12.1. The van der Waals surface area contributed by atoms with E-state index in [-0.39, 0.29) is 19.1 Å². The van der Waals surface area contributed by atoms with Gasteiger partial charge in [0.2, 0.25) is 0 Å². The molecule has 0 saturated carbocycles. The maximum absolute atomic E-state index is 11.6. The molecule has 186 valence electrons. The zero-order valence-electron chi connectivity index (χ0n) is 18.9. The predicted molar refractivity (Wildman–Crippen MR) is 134 cm³/mol. The molecule has 3 aromatic rings. The third-order valence-electron chi connectivity index (χ3n) is 6.35. The van der Waals surface area contributed by atoms with E-state index in [0.717, 1.165) is 32.8 Å². The Bertz CT molecular complexity index is 1330. The van der Waals surface area contributed by atoms with Crippen LogP contribution in [0.5, 0.6) is 11.5 Å². The van der Waals surface area contributed by atoms with E-state index < -0.39 is 18.1 Å². The highest BCUT2D eigenvalue weighted by Gasteiger charge is 2.36. The normalized spacial score (nSPS) is 18.3. The van der Waals surface area contributed by atoms with Gasteiger partial charge in [0.25, 0.3) is 0 Å². The van der Waals surface area contributed by atoms with Gasteiger partial charge in [0.05, 0.1) is 28.8 Å². The van der Waals surface area contributed by atoms with Crippen LogP contribution in [0, 0.1) is 0 Å². The van der Waals surface area contributed by atoms with E-state index in [1.807, 2.05) is 36.4 Å². The van der Waals surface area contributed by atoms with Gasteiger partial charge in [-0.2, -0.15) is 0 Å². The number of ether oxygens (including phenoxy) is 2. The number of rotatable bonds is 5. The minimum atomic E-state index is -1.26. The van der Waals surface area contributed by atoms with Crippen LogP contribution < -0.4 is 14.8 Å². The zero-order valence-corrected chi connectivity index (χ0v) is 20.4. The van der Waals surface area contributed by atoms with Crippen molar-refractivity contribution in [2.75, 3.05) is 11.9 Å². The quantitative estimate of drug-likeness (QED) is 0.395. The number of carboxylic acids is 1. The number of nitrogens with one attached hydrogen (secondary N) is 1. The number of amides is 1. The van der Waals surface area contributed by atoms with Gasteiger partial charge in [0, 0.05) is 6.42 Å². The van der Waals surface area contributed by atoms with Gasteiger partial charge in [0.1, 0.15) is 30.3 Å². The van der Waals surface area contributed by atoms with Gasteiger partial charge in [-0.25, -0.2) is 9.59 Å². The lowest BCUT2D eigenvalue weighted by Gasteiger charge is -2.34. The molecule has 1 unspecified atom stereocenters. The number of benzene rings is 3. The van der Waals surface area contributed by atoms with Crippen molar-refractivity contribution < 1.29 is 29.3 Å². The number of fused-ring (bicyclic) bond motifs is 2. The molecule has 5 rings (SSSR count). The lowest BCUT2D eigenvalue weighted by Crippen LogP contribution is -2.48. The van der Waals surface area contributed by atoms with Crippen LogP contribution in [0.1, 0.15) is 28.4 Å². The number of anilines is 1. The number of hydrogen-bond donors (Lipinski definition) is 3. The fourth-order valence-corrected chi connectivity index (χ4v) is 4.75. The van der Waals surface area contributed by atoms with Crippen LogP contribution in [-0.2, 0) is 24.4 Å². The number of nitrogens with zero attached hydrogens (tertiary/aromatic N) is 1. The van der Waals surface area contributed by atoms with E-state index in [9.17, 15) is 19.8 Å². The van der Waals surface area contributed by atoms with Crippen LogP contribution in [-0.4, -0.2) is 39.8 Å². The number of aliphatic carboxylic acids is 1. The Morgan fingerprint density at radius 2 is 1.81 bits per heavy atom. The summed E-state index contributed by atoms with van der Waals surface area (Å²) >= 11 is 12.0. The molecular weight excluding hydrogens is 507 g/mol. The number of carboxylic acid groups (broad SMARTS) is 2. The monoisotopic (exact) mass is 528 g/mol. The third-order valence-corrected chi connectivity index (χ3v) is 7.09. The average molecular weight is 529 g/mol. The standard InChI is InChI=1S/C26H22Cl2N2O6/c27-19-6-1-14(7-20(19)28)13-35-18-4-2-15(3-5-18)24-11-29-21-8-16-9-22(25(31)32)30(26(33)34)12-17(16)10-23(21)36-24/h1-8,10,22,24,29H,9,11-13H2,(H,31,32)(H,33,34)/t22?,24-/m1/s1. The molecule has 8 nitrogen and oxygen atoms in total. The van der Waals surface area contributed by atoms with Gasteiger partial charge < -0.3 is 25.0 Å². The summed E-state index contributed by atoms with van der Waals surface area (Å²) in [6.45, 7) is 0.874. The van der Waals surface area contributed by atoms with Gasteiger partial charge in [-0.05, 0) is 58.7 Å². The van der Waals surface area contributed by atoms with Crippen molar-refractivity contribution in [2.45, 2.75) is 31.7 Å². The Hall–Kier alpha value is -3.62. The van der Waals surface area contributed by atoms with Crippen LogP contribution in [0.15, 0.2) is 54.6 Å². The van der Waals surface area contributed by atoms with Crippen LogP contribution in [0.2, 0.25) is 10.0 Å². The summed E-state index contributed by atoms with van der Waals surface area (Å²) in [4.78, 5) is 24.1. The van der Waals surface area contributed by atoms with Crippen molar-refractivity contribution in [1.82, 2.24) is 4.90 Å². The molecule has 1 amide bonds. The van der Waals surface area contributed by atoms with E-state index in [0.29, 0.717) is 34.7 Å². The van der Waals surface area contributed by atoms with Gasteiger partial charge in [0.15, 0.2) is 0 Å². The van der Waals surface area contributed by atoms with E-state index >= 15 is 0 Å². The van der Waals surface area contributed by atoms with Crippen molar-refractivity contribution in [3.63, 3.8) is 0 Å². The molecule has 3 aromatic carbocycles. The highest BCUT2D eigenvalue weighted by molar-refractivity contribution is 6.42. The summed E-state index contributed by atoms with van der Waals surface area (Å²) in [7, 11) is 0. The Balaban J connectivity index is 1.27. The van der Waals surface area contributed by atoms with Crippen LogP contribution in [0.3, 0.4) is 0 Å². The summed E-state index contributed by atoms with van der Waals surface area (Å²) in [6.07, 6.45) is -1.41. The molecule has 0 aromatic heterocycles. The summed E-state index contributed by atoms with van der Waals surface area (Å²) in [5, 5.41) is 23.2. The second-order valence-corrected chi connectivity index (χ2v) is 9.49. The molecule has 0 spiro atoms. The Morgan fingerprint density at radius 1 is 1.03 bits per heavy atom. The first-order chi connectivity index (χ1) is 17.3. The maximum Gasteiger partial charge on any atom is 0.408 e.